The number of carbonyl (C=O) groups excluding carboxylic acids is 1. The zero-order valence-corrected chi connectivity index (χ0v) is 10.6. The van der Waals surface area contributed by atoms with Crippen LogP contribution in [0.15, 0.2) is 28.7 Å². The van der Waals surface area contributed by atoms with E-state index in [2.05, 4.69) is 21.2 Å². The minimum Gasteiger partial charge on any atom is -0.326 e. The van der Waals surface area contributed by atoms with Crippen molar-refractivity contribution >= 4 is 39.1 Å². The second-order valence-electron chi connectivity index (χ2n) is 3.20. The highest BCUT2D eigenvalue weighted by Crippen LogP contribution is 2.14. The number of alkyl halides is 1. The lowest BCUT2D eigenvalue weighted by molar-refractivity contribution is -0.116. The third kappa shape index (κ3) is 5.19. The molecule has 0 aliphatic heterocycles. The minimum absolute atomic E-state index is 0.0439. The van der Waals surface area contributed by atoms with Gasteiger partial charge in [-0.1, -0.05) is 15.9 Å². The maximum absolute atomic E-state index is 11.4. The Bertz CT molecular complexity index is 313. The summed E-state index contributed by atoms with van der Waals surface area (Å²) in [5.41, 5.74) is 0.828. The number of amides is 1. The quantitative estimate of drug-likeness (QED) is 0.648. The van der Waals surface area contributed by atoms with Crippen LogP contribution < -0.4 is 5.32 Å². The number of hydrogen-bond acceptors (Lipinski definition) is 1. The molecule has 0 aromatic heterocycles. The van der Waals surface area contributed by atoms with Crippen LogP contribution in [0.2, 0.25) is 0 Å². The molecule has 0 radical (unpaired) electrons. The third-order valence-electron chi connectivity index (χ3n) is 1.92. The van der Waals surface area contributed by atoms with Crippen LogP contribution in [0, 0.1) is 0 Å². The molecule has 0 unspecified atom stereocenters. The van der Waals surface area contributed by atoms with Crippen LogP contribution in [-0.4, -0.2) is 11.8 Å². The zero-order valence-electron chi connectivity index (χ0n) is 8.30. The Morgan fingerprint density at radius 1 is 1.27 bits per heavy atom. The molecular weight excluding hydrogens is 277 g/mol. The standard InChI is InChI=1S/C11H13BrClNO/c12-9-4-6-10(7-5-9)14-11(15)3-1-2-8-13/h4-7H,1-3,8H2,(H,14,15). The van der Waals surface area contributed by atoms with Gasteiger partial charge in [-0.25, -0.2) is 0 Å². The summed E-state index contributed by atoms with van der Waals surface area (Å²) in [6.07, 6.45) is 2.25. The summed E-state index contributed by atoms with van der Waals surface area (Å²) in [6.45, 7) is 0. The number of hydrogen-bond donors (Lipinski definition) is 1. The molecule has 0 spiro atoms. The largest absolute Gasteiger partial charge is 0.326 e. The average molecular weight is 291 g/mol. The molecule has 1 aromatic rings. The molecule has 0 aliphatic carbocycles. The van der Waals surface area contributed by atoms with Gasteiger partial charge in [-0.2, -0.15) is 0 Å². The van der Waals surface area contributed by atoms with E-state index in [0.717, 1.165) is 23.0 Å². The molecule has 0 atom stereocenters. The predicted octanol–water partition coefficient (Wildman–Crippen LogP) is 3.80. The molecule has 2 nitrogen and oxygen atoms in total. The molecule has 4 heteroatoms. The molecule has 1 rings (SSSR count). The summed E-state index contributed by atoms with van der Waals surface area (Å²) in [6, 6.07) is 7.52. The van der Waals surface area contributed by atoms with Gasteiger partial charge in [-0.05, 0) is 37.1 Å². The van der Waals surface area contributed by atoms with Gasteiger partial charge in [0.2, 0.25) is 5.91 Å². The highest BCUT2D eigenvalue weighted by Gasteiger charge is 2.01. The molecule has 0 bridgehead atoms. The molecule has 82 valence electrons. The van der Waals surface area contributed by atoms with Crippen molar-refractivity contribution in [2.45, 2.75) is 19.3 Å². The van der Waals surface area contributed by atoms with Crippen molar-refractivity contribution in [1.82, 2.24) is 0 Å². The number of halogens is 2. The van der Waals surface area contributed by atoms with Crippen LogP contribution in [0.5, 0.6) is 0 Å². The van der Waals surface area contributed by atoms with E-state index >= 15 is 0 Å². The molecule has 1 N–H and O–H groups in total. The van der Waals surface area contributed by atoms with Crippen molar-refractivity contribution in [3.05, 3.63) is 28.7 Å². The first-order valence-corrected chi connectivity index (χ1v) is 6.16. The van der Waals surface area contributed by atoms with E-state index in [9.17, 15) is 4.79 Å². The lowest BCUT2D eigenvalue weighted by atomic mass is 10.2. The molecule has 0 heterocycles. The van der Waals surface area contributed by atoms with Gasteiger partial charge in [-0.15, -0.1) is 11.6 Å². The van der Waals surface area contributed by atoms with Crippen molar-refractivity contribution in [3.63, 3.8) is 0 Å². The number of carbonyl (C=O) groups is 1. The molecule has 15 heavy (non-hydrogen) atoms. The smallest absolute Gasteiger partial charge is 0.224 e. The number of rotatable bonds is 5. The maximum atomic E-state index is 11.4. The second-order valence-corrected chi connectivity index (χ2v) is 4.49. The Morgan fingerprint density at radius 3 is 2.53 bits per heavy atom. The summed E-state index contributed by atoms with van der Waals surface area (Å²) in [5, 5.41) is 2.83. The predicted molar refractivity (Wildman–Crippen MR) is 67.3 cm³/mol. The zero-order chi connectivity index (χ0) is 11.1. The van der Waals surface area contributed by atoms with E-state index in [0.29, 0.717) is 12.3 Å². The van der Waals surface area contributed by atoms with Crippen LogP contribution in [0.1, 0.15) is 19.3 Å². The van der Waals surface area contributed by atoms with Crippen LogP contribution >= 0.6 is 27.5 Å². The summed E-state index contributed by atoms with van der Waals surface area (Å²) >= 11 is 8.86. The monoisotopic (exact) mass is 289 g/mol. The van der Waals surface area contributed by atoms with E-state index in [1.807, 2.05) is 24.3 Å². The number of nitrogens with one attached hydrogen (secondary N) is 1. The van der Waals surface area contributed by atoms with E-state index in [1.165, 1.54) is 0 Å². The van der Waals surface area contributed by atoms with Gasteiger partial charge in [0, 0.05) is 22.5 Å². The Hall–Kier alpha value is -0.540. The number of anilines is 1. The van der Waals surface area contributed by atoms with E-state index in [1.54, 1.807) is 0 Å². The lowest BCUT2D eigenvalue weighted by Crippen LogP contribution is -2.10. The fourth-order valence-electron chi connectivity index (χ4n) is 1.14. The summed E-state index contributed by atoms with van der Waals surface area (Å²) in [7, 11) is 0. The first kappa shape index (κ1) is 12.5. The fraction of sp³-hybridized carbons (Fsp3) is 0.364. The van der Waals surface area contributed by atoms with Gasteiger partial charge in [0.05, 0.1) is 0 Å². The van der Waals surface area contributed by atoms with Gasteiger partial charge in [0.1, 0.15) is 0 Å². The van der Waals surface area contributed by atoms with E-state index in [4.69, 9.17) is 11.6 Å². The SMILES string of the molecule is O=C(CCCCCl)Nc1ccc(Br)cc1. The van der Waals surface area contributed by atoms with Crippen molar-refractivity contribution in [2.75, 3.05) is 11.2 Å². The number of unbranched alkanes of at least 4 members (excludes halogenated alkanes) is 1. The first-order valence-electron chi connectivity index (χ1n) is 4.84. The highest BCUT2D eigenvalue weighted by molar-refractivity contribution is 9.10. The molecule has 0 saturated heterocycles. The van der Waals surface area contributed by atoms with Crippen molar-refractivity contribution in [3.8, 4) is 0 Å². The number of benzene rings is 1. The van der Waals surface area contributed by atoms with E-state index in [-0.39, 0.29) is 5.91 Å². The summed E-state index contributed by atoms with van der Waals surface area (Å²) in [4.78, 5) is 11.4. The van der Waals surface area contributed by atoms with Crippen LogP contribution in [-0.2, 0) is 4.79 Å². The highest BCUT2D eigenvalue weighted by atomic mass is 79.9. The molecular formula is C11H13BrClNO. The van der Waals surface area contributed by atoms with Gasteiger partial charge in [-0.3, -0.25) is 4.79 Å². The Balaban J connectivity index is 2.34. The molecule has 0 saturated carbocycles. The van der Waals surface area contributed by atoms with Crippen molar-refractivity contribution in [2.24, 2.45) is 0 Å². The van der Waals surface area contributed by atoms with Crippen LogP contribution in [0.25, 0.3) is 0 Å². The van der Waals surface area contributed by atoms with Gasteiger partial charge < -0.3 is 5.32 Å². The molecule has 0 aliphatic rings. The Kier molecular flexibility index (Phi) is 5.73. The fourth-order valence-corrected chi connectivity index (χ4v) is 1.59. The average Bonchev–Trinajstić information content (AvgIpc) is 2.22. The van der Waals surface area contributed by atoms with Gasteiger partial charge in [0.15, 0.2) is 0 Å². The molecule has 1 aromatic carbocycles. The third-order valence-corrected chi connectivity index (χ3v) is 2.71. The summed E-state index contributed by atoms with van der Waals surface area (Å²) in [5.74, 6) is 0.661. The molecule has 1 amide bonds. The Morgan fingerprint density at radius 2 is 1.93 bits per heavy atom. The van der Waals surface area contributed by atoms with Crippen LogP contribution in [0.4, 0.5) is 5.69 Å². The first-order chi connectivity index (χ1) is 7.22. The molecule has 0 fully saturated rings. The lowest BCUT2D eigenvalue weighted by Gasteiger charge is -2.04. The van der Waals surface area contributed by atoms with Crippen molar-refractivity contribution in [1.29, 1.82) is 0 Å². The van der Waals surface area contributed by atoms with Gasteiger partial charge >= 0.3 is 0 Å². The second kappa shape index (κ2) is 6.85. The Labute approximate surface area is 103 Å². The van der Waals surface area contributed by atoms with Gasteiger partial charge in [0.25, 0.3) is 0 Å². The minimum atomic E-state index is 0.0439. The van der Waals surface area contributed by atoms with Crippen molar-refractivity contribution < 1.29 is 4.79 Å². The normalized spacial score (nSPS) is 10.0. The topological polar surface area (TPSA) is 29.1 Å². The maximum Gasteiger partial charge on any atom is 0.224 e. The van der Waals surface area contributed by atoms with Crippen LogP contribution in [0.3, 0.4) is 0 Å². The van der Waals surface area contributed by atoms with E-state index < -0.39 is 0 Å². The summed E-state index contributed by atoms with van der Waals surface area (Å²) < 4.78 is 1.00.